The van der Waals surface area contributed by atoms with Gasteiger partial charge in [0.2, 0.25) is 5.78 Å². The van der Waals surface area contributed by atoms with E-state index in [-0.39, 0.29) is 64.4 Å². The molecule has 0 amide bonds. The van der Waals surface area contributed by atoms with Crippen LogP contribution in [0.4, 0.5) is 0 Å². The fourth-order valence-corrected chi connectivity index (χ4v) is 4.45. The molecule has 162 valence electrons. The van der Waals surface area contributed by atoms with Crippen LogP contribution in [0.15, 0.2) is 18.2 Å². The van der Waals surface area contributed by atoms with Crippen LogP contribution in [0.3, 0.4) is 0 Å². The molecule has 0 saturated carbocycles. The predicted molar refractivity (Wildman–Crippen MR) is 111 cm³/mol. The summed E-state index contributed by atoms with van der Waals surface area (Å²) < 4.78 is 10.7. The van der Waals surface area contributed by atoms with Crippen molar-refractivity contribution in [3.05, 3.63) is 51.6 Å². The first-order valence-corrected chi connectivity index (χ1v) is 10.3. The van der Waals surface area contributed by atoms with Gasteiger partial charge in [0.1, 0.15) is 23.9 Å². The topological polar surface area (TPSA) is 110 Å². The molecular formula is C24H24O7. The molecule has 0 fully saturated rings. The molecule has 0 radical (unpaired) electrons. The molecule has 2 aliphatic carbocycles. The zero-order valence-corrected chi connectivity index (χ0v) is 17.7. The standard InChI is InChI=1S/C24H24O7/c1-11(2)31-10-16(25)12-7-8-13-15(9-12)23(28)19-20(21(13)26)24(29)18-14(22(19)27)5-4-6-17(18)30-3/h4-6,11-12,26,28H,7-10H2,1-3H3. The molecule has 2 N–H and O–H groups in total. The number of Topliss-reactive ketones (excluding diaryl/α,β-unsaturated/α-hetero) is 1. The number of benzene rings is 2. The van der Waals surface area contributed by atoms with E-state index in [4.69, 9.17) is 9.47 Å². The van der Waals surface area contributed by atoms with Crippen molar-refractivity contribution in [3.63, 3.8) is 0 Å². The predicted octanol–water partition coefficient (Wildman–Crippen LogP) is 2.98. The van der Waals surface area contributed by atoms with Crippen LogP contribution in [0.1, 0.15) is 63.2 Å². The van der Waals surface area contributed by atoms with Crippen LogP contribution in [-0.4, -0.2) is 47.4 Å². The second-order valence-electron chi connectivity index (χ2n) is 8.21. The van der Waals surface area contributed by atoms with Gasteiger partial charge in [-0.05, 0) is 39.2 Å². The molecule has 7 heteroatoms. The maximum atomic E-state index is 13.2. The van der Waals surface area contributed by atoms with Gasteiger partial charge in [0.25, 0.3) is 0 Å². The Morgan fingerprint density at radius 1 is 1.06 bits per heavy atom. The molecule has 0 aliphatic heterocycles. The summed E-state index contributed by atoms with van der Waals surface area (Å²) in [6.45, 7) is 3.66. The highest BCUT2D eigenvalue weighted by molar-refractivity contribution is 6.31. The van der Waals surface area contributed by atoms with E-state index in [9.17, 15) is 24.6 Å². The molecule has 7 nitrogen and oxygen atoms in total. The number of rotatable bonds is 5. The van der Waals surface area contributed by atoms with Gasteiger partial charge in [-0.1, -0.05) is 12.1 Å². The van der Waals surface area contributed by atoms with E-state index in [1.165, 1.54) is 13.2 Å². The maximum Gasteiger partial charge on any atom is 0.202 e. The second-order valence-corrected chi connectivity index (χ2v) is 8.21. The van der Waals surface area contributed by atoms with Crippen molar-refractivity contribution < 1.29 is 34.1 Å². The third-order valence-corrected chi connectivity index (χ3v) is 6.04. The lowest BCUT2D eigenvalue weighted by atomic mass is 9.75. The van der Waals surface area contributed by atoms with Crippen molar-refractivity contribution in [2.75, 3.05) is 13.7 Å². The van der Waals surface area contributed by atoms with E-state index in [0.717, 1.165) is 0 Å². The Hall–Kier alpha value is -3.19. The number of methoxy groups -OCH3 is 1. The largest absolute Gasteiger partial charge is 0.507 e. The Morgan fingerprint density at radius 2 is 1.74 bits per heavy atom. The SMILES string of the molecule is COc1cccc2c1C(=O)c1c(O)c3c(c(O)c1C2=O)CC(C(=O)COC(C)C)CC3. The Morgan fingerprint density at radius 3 is 2.42 bits per heavy atom. The number of hydrogen-bond donors (Lipinski definition) is 2. The van der Waals surface area contributed by atoms with E-state index in [0.29, 0.717) is 24.0 Å². The third kappa shape index (κ3) is 3.29. The van der Waals surface area contributed by atoms with Crippen molar-refractivity contribution in [2.24, 2.45) is 5.92 Å². The fourth-order valence-electron chi connectivity index (χ4n) is 4.45. The van der Waals surface area contributed by atoms with Crippen molar-refractivity contribution in [1.29, 1.82) is 0 Å². The number of phenols is 2. The van der Waals surface area contributed by atoms with E-state index in [2.05, 4.69) is 0 Å². The summed E-state index contributed by atoms with van der Waals surface area (Å²) >= 11 is 0. The summed E-state index contributed by atoms with van der Waals surface area (Å²) in [5, 5.41) is 22.0. The number of fused-ring (bicyclic) bond motifs is 3. The molecule has 0 aromatic heterocycles. The van der Waals surface area contributed by atoms with Gasteiger partial charge in [-0.2, -0.15) is 0 Å². The molecule has 2 aliphatic rings. The Kier molecular flexibility index (Phi) is 5.31. The molecule has 0 heterocycles. The number of ketones is 3. The minimum absolute atomic E-state index is 0.0278. The molecule has 1 unspecified atom stereocenters. The van der Waals surface area contributed by atoms with Crippen LogP contribution in [-0.2, 0) is 22.4 Å². The zero-order chi connectivity index (χ0) is 22.4. The summed E-state index contributed by atoms with van der Waals surface area (Å²) in [7, 11) is 1.40. The monoisotopic (exact) mass is 424 g/mol. The zero-order valence-electron chi connectivity index (χ0n) is 17.7. The molecular weight excluding hydrogens is 400 g/mol. The highest BCUT2D eigenvalue weighted by Gasteiger charge is 2.41. The van der Waals surface area contributed by atoms with Crippen LogP contribution < -0.4 is 4.74 Å². The molecule has 31 heavy (non-hydrogen) atoms. The van der Waals surface area contributed by atoms with Crippen LogP contribution in [0, 0.1) is 5.92 Å². The number of aromatic hydroxyl groups is 2. The Labute approximate surface area is 179 Å². The average molecular weight is 424 g/mol. The summed E-state index contributed by atoms with van der Waals surface area (Å²) in [4.78, 5) is 39.0. The fraction of sp³-hybridized carbons (Fsp3) is 0.375. The van der Waals surface area contributed by atoms with E-state index in [1.54, 1.807) is 12.1 Å². The first kappa shape index (κ1) is 21.1. The smallest absolute Gasteiger partial charge is 0.202 e. The highest BCUT2D eigenvalue weighted by Crippen LogP contribution is 2.47. The normalized spacial score (nSPS) is 17.2. The minimum Gasteiger partial charge on any atom is -0.507 e. The lowest BCUT2D eigenvalue weighted by Crippen LogP contribution is -2.29. The number of carbonyl (C=O) groups is 3. The number of ether oxygens (including phenoxy) is 2. The van der Waals surface area contributed by atoms with Crippen molar-refractivity contribution in [2.45, 2.75) is 39.2 Å². The lowest BCUT2D eigenvalue weighted by Gasteiger charge is -2.29. The van der Waals surface area contributed by atoms with Crippen LogP contribution >= 0.6 is 0 Å². The second kappa shape index (κ2) is 7.81. The van der Waals surface area contributed by atoms with Crippen LogP contribution in [0.25, 0.3) is 0 Å². The lowest BCUT2D eigenvalue weighted by molar-refractivity contribution is -0.129. The molecule has 0 spiro atoms. The number of carbonyl (C=O) groups excluding carboxylic acids is 3. The summed E-state index contributed by atoms with van der Waals surface area (Å²) in [6.07, 6.45) is 0.862. The highest BCUT2D eigenvalue weighted by atomic mass is 16.5. The molecule has 2 aromatic carbocycles. The van der Waals surface area contributed by atoms with E-state index >= 15 is 0 Å². The van der Waals surface area contributed by atoms with Crippen LogP contribution in [0.2, 0.25) is 0 Å². The van der Waals surface area contributed by atoms with Gasteiger partial charge in [-0.25, -0.2) is 0 Å². The molecule has 0 saturated heterocycles. The molecule has 2 aromatic rings. The number of phenolic OH excluding ortho intramolecular Hbond substituents is 2. The van der Waals surface area contributed by atoms with Gasteiger partial charge < -0.3 is 19.7 Å². The van der Waals surface area contributed by atoms with Gasteiger partial charge in [0.15, 0.2) is 11.6 Å². The molecule has 4 rings (SSSR count). The van der Waals surface area contributed by atoms with E-state index in [1.807, 2.05) is 13.8 Å². The van der Waals surface area contributed by atoms with Crippen molar-refractivity contribution >= 4 is 17.3 Å². The summed E-state index contributed by atoms with van der Waals surface area (Å²) in [6, 6.07) is 4.65. The first-order valence-electron chi connectivity index (χ1n) is 10.3. The third-order valence-electron chi connectivity index (χ3n) is 6.04. The summed E-state index contributed by atoms with van der Waals surface area (Å²) in [5.41, 5.74) is 0.522. The molecule has 0 bridgehead atoms. The number of hydrogen-bond acceptors (Lipinski definition) is 7. The average Bonchev–Trinajstić information content (AvgIpc) is 2.77. The van der Waals surface area contributed by atoms with Gasteiger partial charge >= 0.3 is 0 Å². The van der Waals surface area contributed by atoms with Gasteiger partial charge in [0, 0.05) is 22.6 Å². The molecule has 1 atom stereocenters. The van der Waals surface area contributed by atoms with Crippen LogP contribution in [0.5, 0.6) is 17.2 Å². The Balaban J connectivity index is 1.80. The Bertz CT molecular complexity index is 1110. The first-order chi connectivity index (χ1) is 14.8. The van der Waals surface area contributed by atoms with Gasteiger partial charge in [-0.3, -0.25) is 14.4 Å². The quantitative estimate of drug-likeness (QED) is 0.606. The minimum atomic E-state index is -0.568. The summed E-state index contributed by atoms with van der Waals surface area (Å²) in [5.74, 6) is -2.02. The maximum absolute atomic E-state index is 13.2. The van der Waals surface area contributed by atoms with Crippen molar-refractivity contribution in [1.82, 2.24) is 0 Å². The van der Waals surface area contributed by atoms with E-state index < -0.39 is 17.5 Å². The van der Waals surface area contributed by atoms with Crippen molar-refractivity contribution in [3.8, 4) is 17.2 Å². The van der Waals surface area contributed by atoms with Gasteiger partial charge in [0.05, 0.1) is 29.9 Å². The van der Waals surface area contributed by atoms with Gasteiger partial charge in [-0.15, -0.1) is 0 Å².